The topological polar surface area (TPSA) is 26.0 Å². The Morgan fingerprint density at radius 3 is 2.14 bits per heavy atom. The van der Waals surface area contributed by atoms with Gasteiger partial charge >= 0.3 is 0 Å². The molecule has 0 aromatic heterocycles. The summed E-state index contributed by atoms with van der Waals surface area (Å²) in [4.78, 5) is 0. The van der Waals surface area contributed by atoms with Crippen molar-refractivity contribution >= 4 is 0 Å². The highest BCUT2D eigenvalue weighted by atomic mass is 14.6. The highest BCUT2D eigenvalue weighted by Gasteiger charge is 2.25. The molecule has 0 fully saturated rings. The summed E-state index contributed by atoms with van der Waals surface area (Å²) in [5.41, 5.74) is 6.39. The maximum absolute atomic E-state index is 5.95. The van der Waals surface area contributed by atoms with Crippen LogP contribution < -0.4 is 5.73 Å². The van der Waals surface area contributed by atoms with Crippen molar-refractivity contribution in [2.45, 2.75) is 66.2 Å². The molecule has 0 spiro atoms. The Labute approximate surface area is 90.5 Å². The van der Waals surface area contributed by atoms with E-state index in [1.807, 2.05) is 0 Å². The lowest BCUT2D eigenvalue weighted by atomic mass is 9.75. The van der Waals surface area contributed by atoms with Crippen molar-refractivity contribution in [3.63, 3.8) is 0 Å². The van der Waals surface area contributed by atoms with E-state index in [0.717, 1.165) is 12.5 Å². The zero-order chi connectivity index (χ0) is 11.0. The normalized spacial score (nSPS) is 15.9. The zero-order valence-corrected chi connectivity index (χ0v) is 10.6. The van der Waals surface area contributed by atoms with E-state index >= 15 is 0 Å². The molecule has 0 heterocycles. The summed E-state index contributed by atoms with van der Waals surface area (Å²) >= 11 is 0. The van der Waals surface area contributed by atoms with Gasteiger partial charge in [0.15, 0.2) is 0 Å². The Kier molecular flexibility index (Phi) is 7.26. The van der Waals surface area contributed by atoms with Crippen molar-refractivity contribution in [2.75, 3.05) is 6.54 Å². The molecule has 2 N–H and O–H groups in total. The molecular formula is C13H29N. The highest BCUT2D eigenvalue weighted by Crippen LogP contribution is 2.34. The SMILES string of the molecule is CCCCC(CC)(CN)CCC(C)C. The minimum Gasteiger partial charge on any atom is -0.330 e. The molecule has 0 aliphatic heterocycles. The van der Waals surface area contributed by atoms with Crippen LogP contribution in [-0.2, 0) is 0 Å². The van der Waals surface area contributed by atoms with E-state index in [1.165, 1.54) is 38.5 Å². The van der Waals surface area contributed by atoms with Crippen molar-refractivity contribution in [2.24, 2.45) is 17.1 Å². The van der Waals surface area contributed by atoms with Crippen LogP contribution in [0.2, 0.25) is 0 Å². The number of nitrogens with two attached hydrogens (primary N) is 1. The van der Waals surface area contributed by atoms with E-state index in [2.05, 4.69) is 27.7 Å². The predicted octanol–water partition coefficient (Wildman–Crippen LogP) is 3.97. The molecule has 0 amide bonds. The van der Waals surface area contributed by atoms with Gasteiger partial charge in [0, 0.05) is 0 Å². The predicted molar refractivity (Wildman–Crippen MR) is 65.4 cm³/mol. The van der Waals surface area contributed by atoms with E-state index in [-0.39, 0.29) is 0 Å². The summed E-state index contributed by atoms with van der Waals surface area (Å²) in [7, 11) is 0. The average molecular weight is 199 g/mol. The summed E-state index contributed by atoms with van der Waals surface area (Å²) in [6.07, 6.45) is 7.85. The molecule has 1 atom stereocenters. The van der Waals surface area contributed by atoms with Gasteiger partial charge in [0.2, 0.25) is 0 Å². The molecule has 0 aliphatic rings. The molecule has 0 saturated carbocycles. The van der Waals surface area contributed by atoms with E-state index in [1.54, 1.807) is 0 Å². The molecule has 0 bridgehead atoms. The summed E-state index contributed by atoms with van der Waals surface area (Å²) < 4.78 is 0. The minimum atomic E-state index is 0.445. The molecule has 0 radical (unpaired) electrons. The third-order valence-electron chi connectivity index (χ3n) is 3.50. The maximum Gasteiger partial charge on any atom is -0.00206 e. The lowest BCUT2D eigenvalue weighted by Crippen LogP contribution is -2.30. The van der Waals surface area contributed by atoms with Crippen LogP contribution in [0.15, 0.2) is 0 Å². The first-order valence-corrected chi connectivity index (χ1v) is 6.30. The molecule has 0 saturated heterocycles. The van der Waals surface area contributed by atoms with Crippen LogP contribution in [0.4, 0.5) is 0 Å². The first kappa shape index (κ1) is 14.0. The number of hydrogen-bond acceptors (Lipinski definition) is 1. The molecule has 0 aliphatic carbocycles. The highest BCUT2D eigenvalue weighted by molar-refractivity contribution is 4.79. The molecule has 0 rings (SSSR count). The fraction of sp³-hybridized carbons (Fsp3) is 1.00. The van der Waals surface area contributed by atoms with E-state index < -0.39 is 0 Å². The Hall–Kier alpha value is -0.0400. The van der Waals surface area contributed by atoms with E-state index in [4.69, 9.17) is 5.73 Å². The van der Waals surface area contributed by atoms with Crippen LogP contribution >= 0.6 is 0 Å². The monoisotopic (exact) mass is 199 g/mol. The Bertz CT molecular complexity index is 125. The van der Waals surface area contributed by atoms with Crippen molar-refractivity contribution < 1.29 is 0 Å². The second-order valence-corrected chi connectivity index (χ2v) is 5.09. The second-order valence-electron chi connectivity index (χ2n) is 5.09. The molecule has 1 nitrogen and oxygen atoms in total. The van der Waals surface area contributed by atoms with Gasteiger partial charge in [-0.2, -0.15) is 0 Å². The van der Waals surface area contributed by atoms with Gasteiger partial charge < -0.3 is 5.73 Å². The molecule has 1 unspecified atom stereocenters. The maximum atomic E-state index is 5.95. The zero-order valence-electron chi connectivity index (χ0n) is 10.6. The Morgan fingerprint density at radius 1 is 1.14 bits per heavy atom. The molecule has 1 heteroatoms. The molecule has 14 heavy (non-hydrogen) atoms. The van der Waals surface area contributed by atoms with Crippen molar-refractivity contribution in [1.82, 2.24) is 0 Å². The quantitative estimate of drug-likeness (QED) is 0.629. The smallest absolute Gasteiger partial charge is 0.00206 e. The Balaban J connectivity index is 4.07. The second kappa shape index (κ2) is 7.28. The van der Waals surface area contributed by atoms with Crippen LogP contribution in [0, 0.1) is 11.3 Å². The summed E-state index contributed by atoms with van der Waals surface area (Å²) in [6, 6.07) is 0. The molecule has 0 aromatic rings. The van der Waals surface area contributed by atoms with E-state index in [0.29, 0.717) is 5.41 Å². The van der Waals surface area contributed by atoms with Gasteiger partial charge in [-0.25, -0.2) is 0 Å². The fourth-order valence-corrected chi connectivity index (χ4v) is 1.97. The average Bonchev–Trinajstić information content (AvgIpc) is 2.19. The van der Waals surface area contributed by atoms with Gasteiger partial charge in [0.25, 0.3) is 0 Å². The van der Waals surface area contributed by atoms with Crippen LogP contribution in [0.1, 0.15) is 66.2 Å². The van der Waals surface area contributed by atoms with Gasteiger partial charge in [0.05, 0.1) is 0 Å². The van der Waals surface area contributed by atoms with Crippen molar-refractivity contribution in [3.8, 4) is 0 Å². The van der Waals surface area contributed by atoms with Crippen LogP contribution in [-0.4, -0.2) is 6.54 Å². The number of rotatable bonds is 8. The molecule has 0 aromatic carbocycles. The fourth-order valence-electron chi connectivity index (χ4n) is 1.97. The largest absolute Gasteiger partial charge is 0.330 e. The summed E-state index contributed by atoms with van der Waals surface area (Å²) in [6.45, 7) is 10.0. The van der Waals surface area contributed by atoms with Crippen LogP contribution in [0.25, 0.3) is 0 Å². The van der Waals surface area contributed by atoms with Gasteiger partial charge in [-0.15, -0.1) is 0 Å². The molecule has 86 valence electrons. The lowest BCUT2D eigenvalue weighted by molar-refractivity contribution is 0.215. The number of unbranched alkanes of at least 4 members (excludes halogenated alkanes) is 1. The van der Waals surface area contributed by atoms with Gasteiger partial charge in [-0.1, -0.05) is 47.0 Å². The van der Waals surface area contributed by atoms with Crippen molar-refractivity contribution in [3.05, 3.63) is 0 Å². The van der Waals surface area contributed by atoms with Gasteiger partial charge in [0.1, 0.15) is 0 Å². The van der Waals surface area contributed by atoms with Crippen LogP contribution in [0.3, 0.4) is 0 Å². The first-order valence-electron chi connectivity index (χ1n) is 6.30. The van der Waals surface area contributed by atoms with E-state index in [9.17, 15) is 0 Å². The third kappa shape index (κ3) is 4.99. The lowest BCUT2D eigenvalue weighted by Gasteiger charge is -2.32. The van der Waals surface area contributed by atoms with Crippen molar-refractivity contribution in [1.29, 1.82) is 0 Å². The summed E-state index contributed by atoms with van der Waals surface area (Å²) in [5.74, 6) is 0.814. The third-order valence-corrected chi connectivity index (χ3v) is 3.50. The summed E-state index contributed by atoms with van der Waals surface area (Å²) in [5, 5.41) is 0. The standard InChI is InChI=1S/C13H29N/c1-5-7-9-13(6-2,11-14)10-8-12(3)4/h12H,5-11,14H2,1-4H3. The van der Waals surface area contributed by atoms with Crippen LogP contribution in [0.5, 0.6) is 0 Å². The number of hydrogen-bond donors (Lipinski definition) is 1. The minimum absolute atomic E-state index is 0.445. The molecular weight excluding hydrogens is 170 g/mol. The van der Waals surface area contributed by atoms with Gasteiger partial charge in [-0.05, 0) is 37.1 Å². The Morgan fingerprint density at radius 2 is 1.79 bits per heavy atom. The first-order chi connectivity index (χ1) is 6.60. The van der Waals surface area contributed by atoms with Gasteiger partial charge in [-0.3, -0.25) is 0 Å².